The molecule has 1 amide bonds. The van der Waals surface area contributed by atoms with Crippen LogP contribution in [0.4, 0.5) is 4.39 Å². The van der Waals surface area contributed by atoms with Crippen molar-refractivity contribution < 1.29 is 27.1 Å². The van der Waals surface area contributed by atoms with Crippen LogP contribution in [0.5, 0.6) is 11.5 Å². The van der Waals surface area contributed by atoms with Gasteiger partial charge in [-0.25, -0.2) is 17.5 Å². The van der Waals surface area contributed by atoms with E-state index in [2.05, 4.69) is 4.72 Å². The van der Waals surface area contributed by atoms with Gasteiger partial charge in [0.15, 0.2) is 11.5 Å². The van der Waals surface area contributed by atoms with E-state index in [0.717, 1.165) is 0 Å². The van der Waals surface area contributed by atoms with E-state index in [1.165, 1.54) is 30.3 Å². The second kappa shape index (κ2) is 7.33. The predicted molar refractivity (Wildman–Crippen MR) is 92.0 cm³/mol. The van der Waals surface area contributed by atoms with Crippen molar-refractivity contribution in [3.63, 3.8) is 0 Å². The zero-order valence-electron chi connectivity index (χ0n) is 14.1. The molecule has 2 aromatic rings. The molecule has 2 aromatic carbocycles. The average Bonchev–Trinajstić information content (AvgIpc) is 2.61. The lowest BCUT2D eigenvalue weighted by Crippen LogP contribution is -2.35. The Kier molecular flexibility index (Phi) is 5.13. The molecule has 1 atom stereocenters. The van der Waals surface area contributed by atoms with Crippen molar-refractivity contribution in [2.75, 3.05) is 13.2 Å². The minimum Gasteiger partial charge on any atom is -0.486 e. The molecular weight excluding hydrogens is 361 g/mol. The van der Waals surface area contributed by atoms with Gasteiger partial charge < -0.3 is 9.47 Å². The Morgan fingerprint density at radius 3 is 2.62 bits per heavy atom. The molecule has 0 unspecified atom stereocenters. The van der Waals surface area contributed by atoms with E-state index in [1.54, 1.807) is 19.1 Å². The van der Waals surface area contributed by atoms with Crippen molar-refractivity contribution in [1.29, 1.82) is 0 Å². The largest absolute Gasteiger partial charge is 0.486 e. The molecule has 8 heteroatoms. The molecule has 0 bridgehead atoms. The smallest absolute Gasteiger partial charge is 0.264 e. The SMILES string of the molecule is C[C@@H](Cc1cccc(F)c1)C(=O)NS(=O)(=O)c1ccc2c(c1)OCCO2. The fourth-order valence-electron chi connectivity index (χ4n) is 2.59. The van der Waals surface area contributed by atoms with Crippen LogP contribution in [-0.2, 0) is 21.2 Å². The molecule has 0 aliphatic carbocycles. The van der Waals surface area contributed by atoms with Crippen molar-refractivity contribution in [2.45, 2.75) is 18.2 Å². The van der Waals surface area contributed by atoms with Gasteiger partial charge in [-0.3, -0.25) is 4.79 Å². The summed E-state index contributed by atoms with van der Waals surface area (Å²) in [5.41, 5.74) is 0.615. The Balaban J connectivity index is 1.71. The van der Waals surface area contributed by atoms with Crippen LogP contribution >= 0.6 is 0 Å². The van der Waals surface area contributed by atoms with Gasteiger partial charge in [0.2, 0.25) is 5.91 Å². The summed E-state index contributed by atoms with van der Waals surface area (Å²) >= 11 is 0. The molecule has 1 N–H and O–H groups in total. The number of rotatable bonds is 5. The fraction of sp³-hybridized carbons (Fsp3) is 0.278. The van der Waals surface area contributed by atoms with Crippen LogP contribution in [0.1, 0.15) is 12.5 Å². The zero-order chi connectivity index (χ0) is 18.7. The van der Waals surface area contributed by atoms with Crippen LogP contribution in [0.15, 0.2) is 47.4 Å². The summed E-state index contributed by atoms with van der Waals surface area (Å²) in [5.74, 6) is -0.938. The lowest BCUT2D eigenvalue weighted by atomic mass is 10.0. The number of carbonyl (C=O) groups is 1. The van der Waals surface area contributed by atoms with E-state index < -0.39 is 27.7 Å². The molecule has 26 heavy (non-hydrogen) atoms. The van der Waals surface area contributed by atoms with Gasteiger partial charge in [0.25, 0.3) is 10.0 Å². The molecule has 0 fully saturated rings. The number of hydrogen-bond donors (Lipinski definition) is 1. The standard InChI is InChI=1S/C18H18FNO5S/c1-12(9-13-3-2-4-14(19)10-13)18(21)20-26(22,23)15-5-6-16-17(11-15)25-8-7-24-16/h2-6,10-12H,7-9H2,1H3,(H,20,21)/t12-/m0/s1. The molecule has 1 aliphatic rings. The van der Waals surface area contributed by atoms with E-state index >= 15 is 0 Å². The second-order valence-electron chi connectivity index (χ2n) is 6.01. The summed E-state index contributed by atoms with van der Waals surface area (Å²) in [4.78, 5) is 12.2. The first kappa shape index (κ1) is 18.2. The predicted octanol–water partition coefficient (Wildman–Crippen LogP) is 2.28. The van der Waals surface area contributed by atoms with Gasteiger partial charge in [0.05, 0.1) is 4.90 Å². The molecule has 1 heterocycles. The van der Waals surface area contributed by atoms with Gasteiger partial charge in [-0.05, 0) is 36.2 Å². The van der Waals surface area contributed by atoms with Crippen LogP contribution in [-0.4, -0.2) is 27.5 Å². The lowest BCUT2D eigenvalue weighted by molar-refractivity contribution is -0.122. The van der Waals surface area contributed by atoms with Crippen molar-refractivity contribution >= 4 is 15.9 Å². The van der Waals surface area contributed by atoms with Crippen LogP contribution < -0.4 is 14.2 Å². The Labute approximate surface area is 151 Å². The van der Waals surface area contributed by atoms with Gasteiger partial charge in [0.1, 0.15) is 19.0 Å². The van der Waals surface area contributed by atoms with Crippen molar-refractivity contribution in [2.24, 2.45) is 5.92 Å². The summed E-state index contributed by atoms with van der Waals surface area (Å²) < 4.78 is 50.9. The number of fused-ring (bicyclic) bond motifs is 1. The molecule has 0 saturated carbocycles. The molecule has 0 radical (unpaired) electrons. The monoisotopic (exact) mass is 379 g/mol. The van der Waals surface area contributed by atoms with Crippen LogP contribution in [0.3, 0.4) is 0 Å². The van der Waals surface area contributed by atoms with Crippen molar-refractivity contribution in [3.05, 3.63) is 53.8 Å². The summed E-state index contributed by atoms with van der Waals surface area (Å²) in [5, 5.41) is 0. The Bertz CT molecular complexity index is 929. The number of amides is 1. The molecule has 0 spiro atoms. The van der Waals surface area contributed by atoms with E-state index in [4.69, 9.17) is 9.47 Å². The third kappa shape index (κ3) is 4.13. The molecule has 0 saturated heterocycles. The first-order chi connectivity index (χ1) is 12.3. The third-order valence-electron chi connectivity index (χ3n) is 3.94. The summed E-state index contributed by atoms with van der Waals surface area (Å²) in [6.45, 7) is 2.31. The molecular formula is C18H18FNO5S. The maximum absolute atomic E-state index is 13.2. The van der Waals surface area contributed by atoms with Gasteiger partial charge >= 0.3 is 0 Å². The maximum Gasteiger partial charge on any atom is 0.264 e. The van der Waals surface area contributed by atoms with E-state index in [1.807, 2.05) is 0 Å². The van der Waals surface area contributed by atoms with E-state index in [9.17, 15) is 17.6 Å². The number of halogens is 1. The number of nitrogens with one attached hydrogen (secondary N) is 1. The highest BCUT2D eigenvalue weighted by atomic mass is 32.2. The third-order valence-corrected chi connectivity index (χ3v) is 5.28. The van der Waals surface area contributed by atoms with Crippen molar-refractivity contribution in [3.8, 4) is 11.5 Å². The quantitative estimate of drug-likeness (QED) is 0.862. The number of benzene rings is 2. The minimum absolute atomic E-state index is 0.0898. The minimum atomic E-state index is -4.05. The van der Waals surface area contributed by atoms with Crippen molar-refractivity contribution in [1.82, 2.24) is 4.72 Å². The highest BCUT2D eigenvalue weighted by molar-refractivity contribution is 7.90. The number of ether oxygens (including phenoxy) is 2. The Morgan fingerprint density at radius 2 is 1.88 bits per heavy atom. The Hall–Kier alpha value is -2.61. The summed E-state index contributed by atoms with van der Waals surface area (Å²) in [6, 6.07) is 10.0. The first-order valence-electron chi connectivity index (χ1n) is 8.06. The summed E-state index contributed by atoms with van der Waals surface area (Å²) in [6.07, 6.45) is 0.222. The number of carbonyl (C=O) groups excluding carboxylic acids is 1. The highest BCUT2D eigenvalue weighted by Crippen LogP contribution is 2.32. The molecule has 1 aliphatic heterocycles. The lowest BCUT2D eigenvalue weighted by Gasteiger charge is -2.19. The van der Waals surface area contributed by atoms with Crippen LogP contribution in [0, 0.1) is 11.7 Å². The average molecular weight is 379 g/mol. The highest BCUT2D eigenvalue weighted by Gasteiger charge is 2.24. The van der Waals surface area contributed by atoms with Gasteiger partial charge in [-0.1, -0.05) is 19.1 Å². The topological polar surface area (TPSA) is 81.7 Å². The fourth-order valence-corrected chi connectivity index (χ4v) is 3.69. The zero-order valence-corrected chi connectivity index (χ0v) is 14.9. The molecule has 3 rings (SSSR count). The van der Waals surface area contributed by atoms with Gasteiger partial charge in [0, 0.05) is 12.0 Å². The van der Waals surface area contributed by atoms with Gasteiger partial charge in [-0.15, -0.1) is 0 Å². The Morgan fingerprint density at radius 1 is 1.15 bits per heavy atom. The van der Waals surface area contributed by atoms with Crippen LogP contribution in [0.25, 0.3) is 0 Å². The summed E-state index contributed by atoms with van der Waals surface area (Å²) in [7, 11) is -4.05. The second-order valence-corrected chi connectivity index (χ2v) is 7.69. The van der Waals surface area contributed by atoms with E-state index in [-0.39, 0.29) is 11.3 Å². The maximum atomic E-state index is 13.2. The molecule has 0 aromatic heterocycles. The number of sulfonamides is 1. The number of hydrogen-bond acceptors (Lipinski definition) is 5. The molecule has 138 valence electrons. The van der Waals surface area contributed by atoms with Gasteiger partial charge in [-0.2, -0.15) is 0 Å². The normalized spacial score (nSPS) is 14.5. The van der Waals surface area contributed by atoms with E-state index in [0.29, 0.717) is 30.3 Å². The van der Waals surface area contributed by atoms with Crippen LogP contribution in [0.2, 0.25) is 0 Å². The first-order valence-corrected chi connectivity index (χ1v) is 9.54. The molecule has 6 nitrogen and oxygen atoms in total.